The Morgan fingerprint density at radius 1 is 1.04 bits per heavy atom. The maximum atomic E-state index is 5.45. The minimum absolute atomic E-state index is 0.615. The van der Waals surface area contributed by atoms with Crippen molar-refractivity contribution in [1.82, 2.24) is 20.5 Å². The van der Waals surface area contributed by atoms with Crippen molar-refractivity contribution in [3.8, 4) is 5.88 Å². The van der Waals surface area contributed by atoms with Crippen LogP contribution in [-0.2, 0) is 19.6 Å². The Balaban J connectivity index is 1.45. The monoisotopic (exact) mass is 381 g/mol. The zero-order valence-corrected chi connectivity index (χ0v) is 16.9. The Morgan fingerprint density at radius 2 is 1.71 bits per heavy atom. The Hall–Kier alpha value is -2.60. The lowest BCUT2D eigenvalue weighted by molar-refractivity contribution is 0.326. The highest BCUT2D eigenvalue weighted by Crippen LogP contribution is 2.13. The summed E-state index contributed by atoms with van der Waals surface area (Å²) in [5, 5.41) is 6.70. The molecule has 1 aromatic carbocycles. The van der Waals surface area contributed by atoms with Crippen LogP contribution in [0.5, 0.6) is 5.88 Å². The number of pyridine rings is 1. The summed E-state index contributed by atoms with van der Waals surface area (Å²) >= 11 is 0. The summed E-state index contributed by atoms with van der Waals surface area (Å²) in [5.41, 5.74) is 3.74. The van der Waals surface area contributed by atoms with Crippen molar-refractivity contribution in [2.24, 2.45) is 4.99 Å². The first kappa shape index (κ1) is 20.1. The van der Waals surface area contributed by atoms with Crippen molar-refractivity contribution in [2.75, 3.05) is 26.7 Å². The highest BCUT2D eigenvalue weighted by Gasteiger charge is 2.11. The number of guanidine groups is 1. The molecular weight excluding hydrogens is 350 g/mol. The number of hydrogen-bond acceptors (Lipinski definition) is 4. The van der Waals surface area contributed by atoms with Crippen molar-refractivity contribution in [1.29, 1.82) is 0 Å². The maximum Gasteiger partial charge on any atom is 0.213 e. The second-order valence-corrected chi connectivity index (χ2v) is 7.01. The minimum Gasteiger partial charge on any atom is -0.478 e. The molecule has 1 saturated heterocycles. The topological polar surface area (TPSA) is 61.8 Å². The predicted molar refractivity (Wildman–Crippen MR) is 113 cm³/mol. The van der Waals surface area contributed by atoms with Gasteiger partial charge in [-0.15, -0.1) is 0 Å². The van der Waals surface area contributed by atoms with Gasteiger partial charge < -0.3 is 15.4 Å². The summed E-state index contributed by atoms with van der Waals surface area (Å²) in [4.78, 5) is 11.0. The molecule has 0 amide bonds. The number of aromatic nitrogens is 1. The zero-order chi connectivity index (χ0) is 19.6. The lowest BCUT2D eigenvalue weighted by atomic mass is 10.1. The van der Waals surface area contributed by atoms with Gasteiger partial charge in [-0.05, 0) is 55.6 Å². The van der Waals surface area contributed by atoms with E-state index in [1.165, 1.54) is 37.1 Å². The van der Waals surface area contributed by atoms with E-state index in [1.807, 2.05) is 19.1 Å². The summed E-state index contributed by atoms with van der Waals surface area (Å²) in [7, 11) is 1.78. The van der Waals surface area contributed by atoms with E-state index < -0.39 is 0 Å². The standard InChI is InChI=1S/C22H31N5O/c1-3-28-21-14-20(10-11-24-21)16-26-22(23-2)25-15-18-6-8-19(9-7-18)17-27-12-4-5-13-27/h6-11,14H,3-5,12-13,15-17H2,1-2H3,(H2,23,25,26). The molecule has 0 atom stereocenters. The third-order valence-corrected chi connectivity index (χ3v) is 4.86. The molecule has 6 heteroatoms. The van der Waals surface area contributed by atoms with Crippen molar-refractivity contribution in [3.05, 3.63) is 59.3 Å². The van der Waals surface area contributed by atoms with Crippen LogP contribution in [0.4, 0.5) is 0 Å². The highest BCUT2D eigenvalue weighted by molar-refractivity contribution is 5.79. The van der Waals surface area contributed by atoms with E-state index in [0.717, 1.165) is 24.6 Å². The molecule has 6 nitrogen and oxygen atoms in total. The Bertz CT molecular complexity index is 754. The van der Waals surface area contributed by atoms with Crippen LogP contribution >= 0.6 is 0 Å². The first-order valence-corrected chi connectivity index (χ1v) is 10.1. The van der Waals surface area contributed by atoms with E-state index in [2.05, 4.69) is 49.8 Å². The Labute approximate surface area is 168 Å². The van der Waals surface area contributed by atoms with Gasteiger partial charge in [0, 0.05) is 38.9 Å². The number of rotatable bonds is 8. The number of benzene rings is 1. The molecule has 0 radical (unpaired) electrons. The van der Waals surface area contributed by atoms with Crippen molar-refractivity contribution >= 4 is 5.96 Å². The second-order valence-electron chi connectivity index (χ2n) is 7.01. The number of aliphatic imine (C=N–C) groups is 1. The van der Waals surface area contributed by atoms with Gasteiger partial charge in [-0.1, -0.05) is 24.3 Å². The highest BCUT2D eigenvalue weighted by atomic mass is 16.5. The van der Waals surface area contributed by atoms with Gasteiger partial charge >= 0.3 is 0 Å². The quantitative estimate of drug-likeness (QED) is 0.544. The van der Waals surface area contributed by atoms with Crippen LogP contribution in [0.1, 0.15) is 36.5 Å². The van der Waals surface area contributed by atoms with Crippen LogP contribution in [0.15, 0.2) is 47.6 Å². The van der Waals surface area contributed by atoms with Crippen LogP contribution in [0, 0.1) is 0 Å². The zero-order valence-electron chi connectivity index (χ0n) is 16.9. The lowest BCUT2D eigenvalue weighted by Gasteiger charge is -2.15. The maximum absolute atomic E-state index is 5.45. The minimum atomic E-state index is 0.615. The van der Waals surface area contributed by atoms with Gasteiger partial charge in [0.15, 0.2) is 5.96 Å². The Morgan fingerprint density at radius 3 is 2.39 bits per heavy atom. The molecule has 0 unspecified atom stereocenters. The molecule has 1 aliphatic heterocycles. The molecule has 0 bridgehead atoms. The van der Waals surface area contributed by atoms with Crippen LogP contribution in [0.2, 0.25) is 0 Å². The van der Waals surface area contributed by atoms with Crippen LogP contribution in [-0.4, -0.2) is 42.6 Å². The number of likely N-dealkylation sites (tertiary alicyclic amines) is 1. The van der Waals surface area contributed by atoms with E-state index in [4.69, 9.17) is 4.74 Å². The number of nitrogens with one attached hydrogen (secondary N) is 2. The van der Waals surface area contributed by atoms with E-state index in [1.54, 1.807) is 13.2 Å². The normalized spacial score (nSPS) is 14.9. The van der Waals surface area contributed by atoms with E-state index >= 15 is 0 Å². The van der Waals surface area contributed by atoms with Crippen molar-refractivity contribution in [2.45, 2.75) is 39.4 Å². The first-order chi connectivity index (χ1) is 13.8. The average molecular weight is 382 g/mol. The van der Waals surface area contributed by atoms with E-state index in [9.17, 15) is 0 Å². The van der Waals surface area contributed by atoms with Crippen LogP contribution in [0.3, 0.4) is 0 Å². The van der Waals surface area contributed by atoms with Gasteiger partial charge in [0.05, 0.1) is 6.61 Å². The molecule has 0 aliphatic carbocycles. The largest absolute Gasteiger partial charge is 0.478 e. The summed E-state index contributed by atoms with van der Waals surface area (Å²) in [5.74, 6) is 1.43. The average Bonchev–Trinajstić information content (AvgIpc) is 3.23. The summed E-state index contributed by atoms with van der Waals surface area (Å²) in [6.07, 6.45) is 4.43. The van der Waals surface area contributed by atoms with Gasteiger partial charge in [-0.3, -0.25) is 9.89 Å². The van der Waals surface area contributed by atoms with E-state index in [-0.39, 0.29) is 0 Å². The lowest BCUT2D eigenvalue weighted by Crippen LogP contribution is -2.36. The molecule has 0 saturated carbocycles. The van der Waals surface area contributed by atoms with Gasteiger partial charge in [0.1, 0.15) is 0 Å². The third-order valence-electron chi connectivity index (χ3n) is 4.86. The van der Waals surface area contributed by atoms with Crippen LogP contribution in [0.25, 0.3) is 0 Å². The summed E-state index contributed by atoms with van der Waals surface area (Å²) in [6.45, 7) is 7.50. The molecule has 1 aromatic heterocycles. The van der Waals surface area contributed by atoms with E-state index in [0.29, 0.717) is 19.0 Å². The molecule has 2 heterocycles. The summed E-state index contributed by atoms with van der Waals surface area (Å²) in [6, 6.07) is 12.8. The molecular formula is C22H31N5O. The molecule has 28 heavy (non-hydrogen) atoms. The Kier molecular flexibility index (Phi) is 7.67. The first-order valence-electron chi connectivity index (χ1n) is 10.1. The van der Waals surface area contributed by atoms with Gasteiger partial charge in [0.25, 0.3) is 0 Å². The number of ether oxygens (including phenoxy) is 1. The molecule has 0 spiro atoms. The van der Waals surface area contributed by atoms with Crippen LogP contribution < -0.4 is 15.4 Å². The fourth-order valence-electron chi connectivity index (χ4n) is 3.34. The molecule has 1 fully saturated rings. The molecule has 3 rings (SSSR count). The SMILES string of the molecule is CCOc1cc(CNC(=NC)NCc2ccc(CN3CCCC3)cc2)ccn1. The van der Waals surface area contributed by atoms with Gasteiger partial charge in [-0.25, -0.2) is 4.98 Å². The fourth-order valence-corrected chi connectivity index (χ4v) is 3.34. The molecule has 150 valence electrons. The molecule has 2 aromatic rings. The van der Waals surface area contributed by atoms with Gasteiger partial charge in [0.2, 0.25) is 5.88 Å². The molecule has 1 aliphatic rings. The number of hydrogen-bond donors (Lipinski definition) is 2. The summed E-state index contributed by atoms with van der Waals surface area (Å²) < 4.78 is 5.45. The van der Waals surface area contributed by atoms with Gasteiger partial charge in [-0.2, -0.15) is 0 Å². The fraction of sp³-hybridized carbons (Fsp3) is 0.455. The second kappa shape index (κ2) is 10.7. The number of nitrogens with zero attached hydrogens (tertiary/aromatic N) is 3. The molecule has 2 N–H and O–H groups in total. The van der Waals surface area contributed by atoms with Crippen molar-refractivity contribution < 1.29 is 4.74 Å². The smallest absolute Gasteiger partial charge is 0.213 e. The van der Waals surface area contributed by atoms with Crippen molar-refractivity contribution in [3.63, 3.8) is 0 Å². The predicted octanol–water partition coefficient (Wildman–Crippen LogP) is 2.94. The third kappa shape index (κ3) is 6.23.